The van der Waals surface area contributed by atoms with Crippen molar-refractivity contribution in [3.05, 3.63) is 59.7 Å². The number of fused-ring (bicyclic) bond motifs is 1. The zero-order valence-corrected chi connectivity index (χ0v) is 14.9. The predicted molar refractivity (Wildman–Crippen MR) is 99.0 cm³/mol. The zero-order chi connectivity index (χ0) is 18.1. The molecule has 1 unspecified atom stereocenters. The van der Waals surface area contributed by atoms with Crippen LogP contribution in [0.15, 0.2) is 48.5 Å². The van der Waals surface area contributed by atoms with E-state index >= 15 is 0 Å². The minimum absolute atomic E-state index is 0.00549. The molecule has 134 valence electrons. The van der Waals surface area contributed by atoms with Crippen LogP contribution in [0, 0.1) is 5.92 Å². The lowest BCUT2D eigenvalue weighted by molar-refractivity contribution is -0.136. The van der Waals surface area contributed by atoms with Crippen molar-refractivity contribution in [3.8, 4) is 5.75 Å². The van der Waals surface area contributed by atoms with Gasteiger partial charge in [-0.3, -0.25) is 9.59 Å². The molecule has 0 radical (unpaired) electrons. The summed E-state index contributed by atoms with van der Waals surface area (Å²) in [4.78, 5) is 29.0. The molecule has 2 amide bonds. The molecule has 2 heterocycles. The van der Waals surface area contributed by atoms with Crippen molar-refractivity contribution in [2.75, 3.05) is 25.1 Å². The summed E-state index contributed by atoms with van der Waals surface area (Å²) in [6.45, 7) is 1.81. The summed E-state index contributed by atoms with van der Waals surface area (Å²) in [5, 5.41) is 0. The van der Waals surface area contributed by atoms with E-state index in [1.54, 1.807) is 12.0 Å². The summed E-state index contributed by atoms with van der Waals surface area (Å²) < 4.78 is 5.16. The molecule has 0 aliphatic carbocycles. The van der Waals surface area contributed by atoms with Gasteiger partial charge < -0.3 is 14.5 Å². The Kier molecular flexibility index (Phi) is 4.37. The first-order chi connectivity index (χ1) is 12.7. The fourth-order valence-electron chi connectivity index (χ4n) is 3.83. The molecule has 4 rings (SSSR count). The smallest absolute Gasteiger partial charge is 0.228 e. The first kappa shape index (κ1) is 16.6. The fourth-order valence-corrected chi connectivity index (χ4v) is 3.83. The van der Waals surface area contributed by atoms with Crippen LogP contribution in [0.4, 0.5) is 5.69 Å². The van der Waals surface area contributed by atoms with Crippen LogP contribution in [0.3, 0.4) is 0 Å². The van der Waals surface area contributed by atoms with Crippen LogP contribution in [0.5, 0.6) is 5.75 Å². The Bertz CT molecular complexity index is 831. The molecule has 26 heavy (non-hydrogen) atoms. The molecule has 2 aliphatic heterocycles. The number of nitrogens with zero attached hydrogens (tertiary/aromatic N) is 2. The number of methoxy groups -OCH3 is 1. The van der Waals surface area contributed by atoms with E-state index in [-0.39, 0.29) is 24.2 Å². The van der Waals surface area contributed by atoms with E-state index in [0.29, 0.717) is 13.1 Å². The van der Waals surface area contributed by atoms with Crippen LogP contribution in [-0.4, -0.2) is 36.9 Å². The quantitative estimate of drug-likeness (QED) is 0.855. The minimum Gasteiger partial charge on any atom is -0.497 e. The van der Waals surface area contributed by atoms with Gasteiger partial charge in [-0.25, -0.2) is 0 Å². The first-order valence-electron chi connectivity index (χ1n) is 8.95. The van der Waals surface area contributed by atoms with Crippen LogP contribution >= 0.6 is 0 Å². The number of hydrogen-bond donors (Lipinski definition) is 0. The molecule has 5 heteroatoms. The topological polar surface area (TPSA) is 49.9 Å². The van der Waals surface area contributed by atoms with E-state index in [0.717, 1.165) is 24.4 Å². The van der Waals surface area contributed by atoms with Gasteiger partial charge >= 0.3 is 0 Å². The normalized spacial score (nSPS) is 19.4. The van der Waals surface area contributed by atoms with E-state index in [1.165, 1.54) is 11.1 Å². The van der Waals surface area contributed by atoms with Gasteiger partial charge in [0.2, 0.25) is 11.8 Å². The van der Waals surface area contributed by atoms with Gasteiger partial charge in [-0.2, -0.15) is 0 Å². The van der Waals surface area contributed by atoms with E-state index < -0.39 is 0 Å². The molecule has 0 N–H and O–H groups in total. The third-order valence-corrected chi connectivity index (χ3v) is 5.30. The van der Waals surface area contributed by atoms with Crippen molar-refractivity contribution in [2.45, 2.75) is 19.4 Å². The lowest BCUT2D eigenvalue weighted by atomic mass is 9.98. The zero-order valence-electron chi connectivity index (χ0n) is 14.9. The lowest BCUT2D eigenvalue weighted by Crippen LogP contribution is -2.40. The number of rotatable bonds is 3. The molecule has 0 spiro atoms. The molecule has 1 fully saturated rings. The van der Waals surface area contributed by atoms with Crippen LogP contribution in [0.1, 0.15) is 17.5 Å². The van der Waals surface area contributed by atoms with E-state index in [2.05, 4.69) is 12.1 Å². The summed E-state index contributed by atoms with van der Waals surface area (Å²) in [5.74, 6) is 0.574. The Labute approximate surface area is 153 Å². The van der Waals surface area contributed by atoms with E-state index in [9.17, 15) is 9.59 Å². The number of benzene rings is 2. The molecule has 5 nitrogen and oxygen atoms in total. The maximum atomic E-state index is 13.0. The Morgan fingerprint density at radius 2 is 1.81 bits per heavy atom. The second kappa shape index (κ2) is 6.83. The lowest BCUT2D eigenvalue weighted by Gasteiger charge is -2.30. The molecule has 1 atom stereocenters. The van der Waals surface area contributed by atoms with Crippen molar-refractivity contribution in [1.82, 2.24) is 4.90 Å². The van der Waals surface area contributed by atoms with E-state index in [1.807, 2.05) is 41.3 Å². The summed E-state index contributed by atoms with van der Waals surface area (Å²) in [6.07, 6.45) is 1.16. The number of anilines is 1. The first-order valence-corrected chi connectivity index (χ1v) is 8.95. The highest BCUT2D eigenvalue weighted by Gasteiger charge is 2.37. The van der Waals surface area contributed by atoms with Crippen LogP contribution in [-0.2, 0) is 22.6 Å². The molecular formula is C21H22N2O3. The Balaban J connectivity index is 1.45. The van der Waals surface area contributed by atoms with Crippen molar-refractivity contribution >= 4 is 17.5 Å². The van der Waals surface area contributed by atoms with Crippen LogP contribution in [0.25, 0.3) is 0 Å². The summed E-state index contributed by atoms with van der Waals surface area (Å²) in [5.41, 5.74) is 3.34. The summed E-state index contributed by atoms with van der Waals surface area (Å²) >= 11 is 0. The van der Waals surface area contributed by atoms with E-state index in [4.69, 9.17) is 4.74 Å². The van der Waals surface area contributed by atoms with Crippen LogP contribution < -0.4 is 9.64 Å². The fraction of sp³-hybridized carbons (Fsp3) is 0.333. The molecule has 2 aromatic rings. The Morgan fingerprint density at radius 1 is 1.08 bits per heavy atom. The highest BCUT2D eigenvalue weighted by molar-refractivity contribution is 6.00. The third-order valence-electron chi connectivity index (χ3n) is 5.30. The monoisotopic (exact) mass is 350 g/mol. The number of amides is 2. The number of hydrogen-bond acceptors (Lipinski definition) is 3. The van der Waals surface area contributed by atoms with Gasteiger partial charge in [0.15, 0.2) is 0 Å². The maximum absolute atomic E-state index is 13.0. The summed E-state index contributed by atoms with van der Waals surface area (Å²) in [6, 6.07) is 15.6. The van der Waals surface area contributed by atoms with Gasteiger partial charge in [-0.15, -0.1) is 0 Å². The second-order valence-corrected chi connectivity index (χ2v) is 6.88. The minimum atomic E-state index is -0.269. The van der Waals surface area contributed by atoms with Crippen molar-refractivity contribution in [1.29, 1.82) is 0 Å². The standard InChI is InChI=1S/C21H22N2O3/c1-26-19-8-6-18(7-9-19)23-14-17(12-20(23)24)21(25)22-11-10-15-4-2-3-5-16(15)13-22/h2-9,17H,10-14H2,1H3. The molecule has 2 aromatic carbocycles. The number of carbonyl (C=O) groups excluding carboxylic acids is 2. The number of carbonyl (C=O) groups is 2. The molecule has 2 aliphatic rings. The molecule has 0 bridgehead atoms. The van der Waals surface area contributed by atoms with Crippen molar-refractivity contribution in [3.63, 3.8) is 0 Å². The van der Waals surface area contributed by atoms with Crippen LogP contribution in [0.2, 0.25) is 0 Å². The Hall–Kier alpha value is -2.82. The van der Waals surface area contributed by atoms with Crippen molar-refractivity contribution < 1.29 is 14.3 Å². The average Bonchev–Trinajstić information content (AvgIpc) is 3.08. The summed E-state index contributed by atoms with van der Waals surface area (Å²) in [7, 11) is 1.61. The highest BCUT2D eigenvalue weighted by atomic mass is 16.5. The van der Waals surface area contributed by atoms with Gasteiger partial charge in [0.1, 0.15) is 5.75 Å². The largest absolute Gasteiger partial charge is 0.497 e. The molecule has 1 saturated heterocycles. The SMILES string of the molecule is COc1ccc(N2CC(C(=O)N3CCc4ccccc4C3)CC2=O)cc1. The maximum Gasteiger partial charge on any atom is 0.228 e. The van der Waals surface area contributed by atoms with Gasteiger partial charge in [-0.05, 0) is 41.8 Å². The van der Waals surface area contributed by atoms with Gasteiger partial charge in [-0.1, -0.05) is 24.3 Å². The average molecular weight is 350 g/mol. The molecular weight excluding hydrogens is 328 g/mol. The van der Waals surface area contributed by atoms with Gasteiger partial charge in [0.25, 0.3) is 0 Å². The number of ether oxygens (including phenoxy) is 1. The van der Waals surface area contributed by atoms with Gasteiger partial charge in [0, 0.05) is 31.7 Å². The second-order valence-electron chi connectivity index (χ2n) is 6.88. The molecule has 0 saturated carbocycles. The van der Waals surface area contributed by atoms with Crippen molar-refractivity contribution in [2.24, 2.45) is 5.92 Å². The van der Waals surface area contributed by atoms with Gasteiger partial charge in [0.05, 0.1) is 13.0 Å². The third kappa shape index (κ3) is 3.05. The highest BCUT2D eigenvalue weighted by Crippen LogP contribution is 2.29. The molecule has 0 aromatic heterocycles. The Morgan fingerprint density at radius 3 is 2.54 bits per heavy atom. The predicted octanol–water partition coefficient (Wildman–Crippen LogP) is 2.63.